The molecular formula is C18H20ClF3O2. The number of aryl methyl sites for hydroxylation is 2. The fourth-order valence-electron chi connectivity index (χ4n) is 2.83. The molecule has 1 fully saturated rings. The molecule has 0 spiro atoms. The Bertz CT molecular complexity index is 677. The summed E-state index contributed by atoms with van der Waals surface area (Å²) in [4.78, 5) is 12.2. The van der Waals surface area contributed by atoms with Crippen LogP contribution in [-0.4, -0.2) is 12.1 Å². The predicted molar refractivity (Wildman–Crippen MR) is 86.5 cm³/mol. The summed E-state index contributed by atoms with van der Waals surface area (Å²) in [6.07, 6.45) is -3.67. The lowest BCUT2D eigenvalue weighted by Gasteiger charge is -2.08. The first kappa shape index (κ1) is 18.8. The van der Waals surface area contributed by atoms with Gasteiger partial charge in [0.1, 0.15) is 11.6 Å². The molecule has 1 aromatic rings. The number of halogens is 4. The maximum absolute atomic E-state index is 12.5. The van der Waals surface area contributed by atoms with Crippen molar-refractivity contribution in [1.29, 1.82) is 0 Å². The Morgan fingerprint density at radius 1 is 1.29 bits per heavy atom. The zero-order chi connectivity index (χ0) is 18.3. The number of hydrogen-bond acceptors (Lipinski definition) is 2. The molecule has 24 heavy (non-hydrogen) atoms. The average molecular weight is 361 g/mol. The van der Waals surface area contributed by atoms with Crippen molar-refractivity contribution in [1.82, 2.24) is 0 Å². The van der Waals surface area contributed by atoms with Gasteiger partial charge in [-0.2, -0.15) is 13.2 Å². The highest BCUT2D eigenvalue weighted by atomic mass is 35.5. The van der Waals surface area contributed by atoms with Gasteiger partial charge in [0.15, 0.2) is 0 Å². The van der Waals surface area contributed by atoms with E-state index in [9.17, 15) is 18.0 Å². The first-order valence-corrected chi connectivity index (χ1v) is 7.99. The number of ether oxygens (including phenoxy) is 1. The Labute approximate surface area is 144 Å². The summed E-state index contributed by atoms with van der Waals surface area (Å²) < 4.78 is 42.9. The summed E-state index contributed by atoms with van der Waals surface area (Å²) in [5, 5.41) is -1.19. The highest BCUT2D eigenvalue weighted by Crippen LogP contribution is 2.60. The highest BCUT2D eigenvalue weighted by molar-refractivity contribution is 6.30. The standard InChI is InChI=1S/C18H20ClF3O2/c1-10-5-6-12(7-11(10)2)9-24-16(23)15-13(17(15,3)4)8-14(19)18(20,21)22/h5-8,13,15H,9H2,1-4H3/b14-8-/t13-,15-/m1/s1. The second-order valence-corrected chi connectivity index (χ2v) is 7.27. The Morgan fingerprint density at radius 2 is 1.92 bits per heavy atom. The number of hydrogen-bond donors (Lipinski definition) is 0. The van der Waals surface area contributed by atoms with Gasteiger partial charge in [-0.3, -0.25) is 4.79 Å². The van der Waals surface area contributed by atoms with E-state index in [2.05, 4.69) is 0 Å². The number of allylic oxidation sites excluding steroid dienone is 2. The molecule has 0 unspecified atom stereocenters. The van der Waals surface area contributed by atoms with E-state index in [-0.39, 0.29) is 6.61 Å². The zero-order valence-electron chi connectivity index (χ0n) is 14.0. The van der Waals surface area contributed by atoms with E-state index < -0.39 is 34.4 Å². The van der Waals surface area contributed by atoms with Gasteiger partial charge in [0.25, 0.3) is 0 Å². The van der Waals surface area contributed by atoms with Crippen LogP contribution >= 0.6 is 11.6 Å². The number of esters is 1. The largest absolute Gasteiger partial charge is 0.461 e. The first-order valence-electron chi connectivity index (χ1n) is 7.62. The average Bonchev–Trinajstić information content (AvgIpc) is 3.00. The number of carbonyl (C=O) groups excluding carboxylic acids is 1. The number of alkyl halides is 3. The second kappa shape index (κ2) is 6.43. The van der Waals surface area contributed by atoms with Gasteiger partial charge in [-0.1, -0.05) is 49.7 Å². The third-order valence-electron chi connectivity index (χ3n) is 4.71. The van der Waals surface area contributed by atoms with Gasteiger partial charge < -0.3 is 4.74 Å². The van der Waals surface area contributed by atoms with Gasteiger partial charge in [-0.05, 0) is 41.9 Å². The van der Waals surface area contributed by atoms with Crippen LogP contribution in [0.4, 0.5) is 13.2 Å². The van der Waals surface area contributed by atoms with Crippen LogP contribution in [0.15, 0.2) is 29.3 Å². The summed E-state index contributed by atoms with van der Waals surface area (Å²) in [6, 6.07) is 5.73. The minimum absolute atomic E-state index is 0.107. The number of benzene rings is 1. The molecule has 0 aliphatic heterocycles. The van der Waals surface area contributed by atoms with Crippen molar-refractivity contribution >= 4 is 17.6 Å². The third-order valence-corrected chi connectivity index (χ3v) is 5.05. The summed E-state index contributed by atoms with van der Waals surface area (Å²) in [6.45, 7) is 7.52. The van der Waals surface area contributed by atoms with Crippen LogP contribution in [0.2, 0.25) is 0 Å². The van der Waals surface area contributed by atoms with Crippen LogP contribution in [0.25, 0.3) is 0 Å². The third kappa shape index (κ3) is 3.94. The molecule has 0 bridgehead atoms. The monoisotopic (exact) mass is 360 g/mol. The molecule has 2 rings (SSSR count). The van der Waals surface area contributed by atoms with Crippen LogP contribution in [0, 0.1) is 31.1 Å². The second-order valence-electron chi connectivity index (χ2n) is 6.86. The Morgan fingerprint density at radius 3 is 2.46 bits per heavy atom. The molecule has 1 aromatic carbocycles. The molecule has 0 amide bonds. The van der Waals surface area contributed by atoms with Crippen molar-refractivity contribution in [2.24, 2.45) is 17.3 Å². The van der Waals surface area contributed by atoms with Crippen LogP contribution in [-0.2, 0) is 16.1 Å². The SMILES string of the molecule is Cc1ccc(COC(=O)[C@H]2[C@@H](/C=C(\Cl)C(F)(F)F)C2(C)C)cc1C. The molecular weight excluding hydrogens is 341 g/mol. The molecule has 1 aliphatic carbocycles. The van der Waals surface area contributed by atoms with Gasteiger partial charge in [-0.25, -0.2) is 0 Å². The van der Waals surface area contributed by atoms with Crippen LogP contribution in [0.1, 0.15) is 30.5 Å². The fourth-order valence-corrected chi connectivity index (χ4v) is 2.96. The van der Waals surface area contributed by atoms with Crippen LogP contribution < -0.4 is 0 Å². The van der Waals surface area contributed by atoms with E-state index in [1.807, 2.05) is 32.0 Å². The minimum Gasteiger partial charge on any atom is -0.461 e. The van der Waals surface area contributed by atoms with E-state index >= 15 is 0 Å². The van der Waals surface area contributed by atoms with Crippen molar-refractivity contribution in [3.05, 3.63) is 46.0 Å². The van der Waals surface area contributed by atoms with Crippen LogP contribution in [0.5, 0.6) is 0 Å². The summed E-state index contributed by atoms with van der Waals surface area (Å²) in [5.74, 6) is -1.68. The van der Waals surface area contributed by atoms with Crippen molar-refractivity contribution in [2.45, 2.75) is 40.5 Å². The summed E-state index contributed by atoms with van der Waals surface area (Å²) >= 11 is 5.28. The van der Waals surface area contributed by atoms with Crippen molar-refractivity contribution < 1.29 is 22.7 Å². The van der Waals surface area contributed by atoms with Crippen LogP contribution in [0.3, 0.4) is 0 Å². The first-order chi connectivity index (χ1) is 10.9. The maximum atomic E-state index is 12.5. The smallest absolute Gasteiger partial charge is 0.426 e. The molecule has 0 saturated heterocycles. The lowest BCUT2D eigenvalue weighted by Crippen LogP contribution is -2.11. The van der Waals surface area contributed by atoms with Gasteiger partial charge in [0.05, 0.1) is 5.92 Å². The summed E-state index contributed by atoms with van der Waals surface area (Å²) in [7, 11) is 0. The molecule has 0 N–H and O–H groups in total. The van der Waals surface area contributed by atoms with Crippen molar-refractivity contribution in [3.63, 3.8) is 0 Å². The van der Waals surface area contributed by atoms with E-state index in [4.69, 9.17) is 16.3 Å². The van der Waals surface area contributed by atoms with Crippen molar-refractivity contribution in [2.75, 3.05) is 0 Å². The lowest BCUT2D eigenvalue weighted by molar-refractivity contribution is -0.147. The van der Waals surface area contributed by atoms with Gasteiger partial charge >= 0.3 is 12.1 Å². The molecule has 1 aliphatic rings. The van der Waals surface area contributed by atoms with E-state index in [0.29, 0.717) is 0 Å². The number of carbonyl (C=O) groups is 1. The Balaban J connectivity index is 2.01. The minimum atomic E-state index is -4.59. The molecule has 2 atom stereocenters. The van der Waals surface area contributed by atoms with Gasteiger partial charge in [0, 0.05) is 0 Å². The Hall–Kier alpha value is -1.49. The normalized spacial score (nSPS) is 23.1. The maximum Gasteiger partial charge on any atom is 0.426 e. The van der Waals surface area contributed by atoms with E-state index in [1.165, 1.54) is 0 Å². The molecule has 132 valence electrons. The quantitative estimate of drug-likeness (QED) is 0.681. The molecule has 0 radical (unpaired) electrons. The van der Waals surface area contributed by atoms with Gasteiger partial charge in [0.2, 0.25) is 0 Å². The molecule has 2 nitrogen and oxygen atoms in total. The van der Waals surface area contributed by atoms with Gasteiger partial charge in [-0.15, -0.1) is 0 Å². The zero-order valence-corrected chi connectivity index (χ0v) is 14.8. The molecule has 0 aromatic heterocycles. The Kier molecular flexibility index (Phi) is 5.05. The van der Waals surface area contributed by atoms with E-state index in [0.717, 1.165) is 22.8 Å². The molecule has 0 heterocycles. The molecule has 1 saturated carbocycles. The predicted octanol–water partition coefficient (Wildman–Crippen LogP) is 5.30. The number of rotatable bonds is 4. The highest BCUT2D eigenvalue weighted by Gasteiger charge is 2.62. The van der Waals surface area contributed by atoms with E-state index in [1.54, 1.807) is 13.8 Å². The fraction of sp³-hybridized carbons (Fsp3) is 0.500. The lowest BCUT2D eigenvalue weighted by atomic mass is 10.1. The topological polar surface area (TPSA) is 26.3 Å². The summed E-state index contributed by atoms with van der Waals surface area (Å²) in [5.41, 5.74) is 2.49. The molecule has 6 heteroatoms. The van der Waals surface area contributed by atoms with Crippen molar-refractivity contribution in [3.8, 4) is 0 Å².